The number of piperidine rings is 1. The van der Waals surface area contributed by atoms with Gasteiger partial charge in [-0.3, -0.25) is 14.5 Å². The van der Waals surface area contributed by atoms with E-state index in [-0.39, 0.29) is 41.5 Å². The number of aromatic nitrogens is 1. The zero-order valence-corrected chi connectivity index (χ0v) is 19.5. The Hall–Kier alpha value is -2.00. The van der Waals surface area contributed by atoms with E-state index in [0.717, 1.165) is 19.3 Å². The number of thioether (sulfide) groups is 1. The van der Waals surface area contributed by atoms with E-state index in [1.54, 1.807) is 12.1 Å². The number of nitrogens with zero attached hydrogens (tertiary/aromatic N) is 3. The van der Waals surface area contributed by atoms with E-state index in [4.69, 9.17) is 16.3 Å². The number of hydrogen-bond donors (Lipinski definition) is 1. The number of amides is 3. The largest absolute Gasteiger partial charge is 0.447 e. The first kappa shape index (κ1) is 23.7. The summed E-state index contributed by atoms with van der Waals surface area (Å²) in [7, 11) is 0. The van der Waals surface area contributed by atoms with Crippen molar-refractivity contribution >= 4 is 47.1 Å². The standard InChI is InChI=1S/C21H29ClN4O4S/c1-3-14(2)17-11-30-21(29)26(17)16-6-8-25(9-7-16)20(28)13-31-12-19(27)24-18-5-4-15(22)10-23-18/h4-5,10,14,16-17H,3,6-9,11-13H2,1-2H3,(H,23,24,27). The first-order valence-electron chi connectivity index (χ1n) is 10.6. The van der Waals surface area contributed by atoms with Crippen LogP contribution in [-0.2, 0) is 14.3 Å². The van der Waals surface area contributed by atoms with Crippen LogP contribution in [0, 0.1) is 5.92 Å². The Morgan fingerprint density at radius 1 is 1.32 bits per heavy atom. The molecule has 2 aliphatic heterocycles. The van der Waals surface area contributed by atoms with Crippen molar-refractivity contribution in [1.29, 1.82) is 0 Å². The van der Waals surface area contributed by atoms with Crippen LogP contribution in [0.15, 0.2) is 18.3 Å². The number of carbonyl (C=O) groups is 3. The molecule has 2 fully saturated rings. The number of hydrogen-bond acceptors (Lipinski definition) is 6. The van der Waals surface area contributed by atoms with Crippen LogP contribution >= 0.6 is 23.4 Å². The molecule has 0 aliphatic carbocycles. The summed E-state index contributed by atoms with van der Waals surface area (Å²) in [5, 5.41) is 3.18. The lowest BCUT2D eigenvalue weighted by molar-refractivity contribution is -0.129. The maximum absolute atomic E-state index is 12.5. The highest BCUT2D eigenvalue weighted by Gasteiger charge is 2.41. The molecule has 2 unspecified atom stereocenters. The molecule has 31 heavy (non-hydrogen) atoms. The zero-order chi connectivity index (χ0) is 22.4. The van der Waals surface area contributed by atoms with Crippen molar-refractivity contribution in [2.75, 3.05) is 36.5 Å². The quantitative estimate of drug-likeness (QED) is 0.629. The van der Waals surface area contributed by atoms with Crippen molar-refractivity contribution in [3.63, 3.8) is 0 Å². The smallest absolute Gasteiger partial charge is 0.410 e. The van der Waals surface area contributed by atoms with Crippen molar-refractivity contribution in [2.45, 2.75) is 45.2 Å². The first-order chi connectivity index (χ1) is 14.9. The van der Waals surface area contributed by atoms with Gasteiger partial charge >= 0.3 is 6.09 Å². The van der Waals surface area contributed by atoms with E-state index in [2.05, 4.69) is 24.1 Å². The second-order valence-corrected chi connectivity index (χ2v) is 9.37. The number of pyridine rings is 1. The molecule has 0 spiro atoms. The van der Waals surface area contributed by atoms with Crippen LogP contribution in [0.1, 0.15) is 33.1 Å². The third-order valence-corrected chi connectivity index (χ3v) is 7.05. The molecule has 2 saturated heterocycles. The Kier molecular flexibility index (Phi) is 8.43. The normalized spacial score (nSPS) is 20.5. The number of nitrogens with one attached hydrogen (secondary N) is 1. The Morgan fingerprint density at radius 3 is 2.71 bits per heavy atom. The van der Waals surface area contributed by atoms with Gasteiger partial charge in [0, 0.05) is 25.3 Å². The number of cyclic esters (lactones) is 1. The highest BCUT2D eigenvalue weighted by atomic mass is 35.5. The molecule has 2 aliphatic rings. The molecule has 0 aromatic carbocycles. The van der Waals surface area contributed by atoms with Gasteiger partial charge in [-0.15, -0.1) is 11.8 Å². The topological polar surface area (TPSA) is 91.8 Å². The summed E-state index contributed by atoms with van der Waals surface area (Å²) in [4.78, 5) is 44.5. The number of ether oxygens (including phenoxy) is 1. The molecular weight excluding hydrogens is 440 g/mol. The molecule has 8 nitrogen and oxygen atoms in total. The van der Waals surface area contributed by atoms with Crippen molar-refractivity contribution in [3.8, 4) is 0 Å². The summed E-state index contributed by atoms with van der Waals surface area (Å²) in [6, 6.07) is 3.51. The van der Waals surface area contributed by atoms with E-state index in [1.165, 1.54) is 18.0 Å². The second kappa shape index (κ2) is 11.0. The van der Waals surface area contributed by atoms with E-state index in [9.17, 15) is 14.4 Å². The SMILES string of the molecule is CCC(C)C1COC(=O)N1C1CCN(C(=O)CSCC(=O)Nc2ccc(Cl)cn2)CC1. The predicted molar refractivity (Wildman–Crippen MR) is 121 cm³/mol. The minimum atomic E-state index is -0.230. The summed E-state index contributed by atoms with van der Waals surface area (Å²) in [6.07, 6.45) is 3.73. The van der Waals surface area contributed by atoms with E-state index in [1.807, 2.05) is 9.80 Å². The molecule has 3 amide bonds. The van der Waals surface area contributed by atoms with Crippen molar-refractivity contribution in [2.24, 2.45) is 5.92 Å². The van der Waals surface area contributed by atoms with E-state index < -0.39 is 0 Å². The van der Waals surface area contributed by atoms with Crippen LogP contribution in [0.4, 0.5) is 10.6 Å². The van der Waals surface area contributed by atoms with Crippen LogP contribution in [0.25, 0.3) is 0 Å². The Bertz CT molecular complexity index is 786. The number of likely N-dealkylation sites (tertiary alicyclic amines) is 1. The molecule has 1 N–H and O–H groups in total. The summed E-state index contributed by atoms with van der Waals surface area (Å²) in [5.74, 6) is 1.03. The lowest BCUT2D eigenvalue weighted by Gasteiger charge is -2.39. The molecule has 0 saturated carbocycles. The fourth-order valence-corrected chi connectivity index (χ4v) is 4.75. The molecule has 170 valence electrons. The van der Waals surface area contributed by atoms with Gasteiger partial charge in [-0.1, -0.05) is 31.9 Å². The molecule has 2 atom stereocenters. The van der Waals surface area contributed by atoms with Crippen LogP contribution < -0.4 is 5.32 Å². The molecule has 3 rings (SSSR count). The van der Waals surface area contributed by atoms with Gasteiger partial charge in [0.15, 0.2) is 0 Å². The fourth-order valence-electron chi connectivity index (χ4n) is 3.92. The minimum Gasteiger partial charge on any atom is -0.447 e. The average Bonchev–Trinajstić information content (AvgIpc) is 3.16. The average molecular weight is 469 g/mol. The molecule has 0 radical (unpaired) electrons. The molecule has 10 heteroatoms. The van der Waals surface area contributed by atoms with E-state index >= 15 is 0 Å². The molecule has 1 aromatic rings. The number of carbonyl (C=O) groups excluding carboxylic acids is 3. The summed E-state index contributed by atoms with van der Waals surface area (Å²) < 4.78 is 5.31. The zero-order valence-electron chi connectivity index (χ0n) is 17.9. The Labute approximate surface area is 192 Å². The van der Waals surface area contributed by atoms with Crippen molar-refractivity contribution < 1.29 is 19.1 Å². The van der Waals surface area contributed by atoms with Crippen molar-refractivity contribution in [3.05, 3.63) is 23.4 Å². The number of halogens is 1. The maximum atomic E-state index is 12.5. The van der Waals surface area contributed by atoms with E-state index in [0.29, 0.717) is 36.5 Å². The van der Waals surface area contributed by atoms with Crippen LogP contribution in [-0.4, -0.2) is 76.0 Å². The summed E-state index contributed by atoms with van der Waals surface area (Å²) in [6.45, 7) is 5.95. The molecule has 3 heterocycles. The number of anilines is 1. The van der Waals surface area contributed by atoms with Crippen LogP contribution in [0.3, 0.4) is 0 Å². The summed E-state index contributed by atoms with van der Waals surface area (Å²) in [5.41, 5.74) is 0. The van der Waals surface area contributed by atoms with Crippen LogP contribution in [0.5, 0.6) is 0 Å². The summed E-state index contributed by atoms with van der Waals surface area (Å²) >= 11 is 7.05. The highest BCUT2D eigenvalue weighted by Crippen LogP contribution is 2.29. The third kappa shape index (κ3) is 6.26. The van der Waals surface area contributed by atoms with Gasteiger partial charge in [-0.2, -0.15) is 0 Å². The van der Waals surface area contributed by atoms with Crippen LogP contribution in [0.2, 0.25) is 5.02 Å². The third-order valence-electron chi connectivity index (χ3n) is 5.91. The Balaban J connectivity index is 1.39. The lowest BCUT2D eigenvalue weighted by Crippen LogP contribution is -2.51. The fraction of sp³-hybridized carbons (Fsp3) is 0.619. The number of rotatable bonds is 8. The first-order valence-corrected chi connectivity index (χ1v) is 12.1. The highest BCUT2D eigenvalue weighted by molar-refractivity contribution is 8.00. The van der Waals surface area contributed by atoms with Gasteiger partial charge in [0.25, 0.3) is 0 Å². The molecule has 0 bridgehead atoms. The van der Waals surface area contributed by atoms with Gasteiger partial charge in [0.2, 0.25) is 11.8 Å². The van der Waals surface area contributed by atoms with Gasteiger partial charge in [-0.25, -0.2) is 9.78 Å². The van der Waals surface area contributed by atoms with Gasteiger partial charge in [0.1, 0.15) is 12.4 Å². The predicted octanol–water partition coefficient (Wildman–Crippen LogP) is 3.26. The van der Waals surface area contributed by atoms with Gasteiger partial charge in [0.05, 0.1) is 22.6 Å². The minimum absolute atomic E-state index is 0.0170. The Morgan fingerprint density at radius 2 is 2.06 bits per heavy atom. The monoisotopic (exact) mass is 468 g/mol. The van der Waals surface area contributed by atoms with Gasteiger partial charge < -0.3 is 15.0 Å². The maximum Gasteiger partial charge on any atom is 0.410 e. The molecule has 1 aromatic heterocycles. The van der Waals surface area contributed by atoms with Crippen molar-refractivity contribution in [1.82, 2.24) is 14.8 Å². The molecular formula is C21H29ClN4O4S. The van der Waals surface area contributed by atoms with Gasteiger partial charge in [-0.05, 0) is 30.9 Å². The second-order valence-electron chi connectivity index (χ2n) is 7.95. The lowest BCUT2D eigenvalue weighted by atomic mass is 9.95.